The molecule has 4 N–H and O–H groups in total. The Kier molecular flexibility index (Phi) is 8.69. The number of hydrogen-bond donors (Lipinski definition) is 4. The minimum Gasteiger partial charge on any atom is -0.459 e. The normalized spacial score (nSPS) is 42.0. The van der Waals surface area contributed by atoms with Crippen LogP contribution >= 0.6 is 0 Å². The van der Waals surface area contributed by atoms with Crippen LogP contribution in [0.4, 0.5) is 0 Å². The Hall–Kier alpha value is -1.74. The summed E-state index contributed by atoms with van der Waals surface area (Å²) in [5, 5.41) is 45.3. The van der Waals surface area contributed by atoms with Gasteiger partial charge in [0.1, 0.15) is 12.2 Å². The van der Waals surface area contributed by atoms with E-state index >= 15 is 0 Å². The highest BCUT2D eigenvalue weighted by Crippen LogP contribution is 2.67. The molecule has 0 aromatic heterocycles. The molecule has 0 aromatic carbocycles. The van der Waals surface area contributed by atoms with E-state index in [-0.39, 0.29) is 46.8 Å². The standard InChI is InChI=1S/C33H52O8/c1-9-33(39,18(2)3)17-27(37)32(8,38)26-11-10-22-21-16-25(40-19(4)34)28-29(41-20(5)35)24(36)13-15-31(28,7)23(21)12-14-30(22,26)6/h9,16,18,22-29,36-39H,1,10-15,17H2,2-8H3/t22-,23-,24-,25-,26-,27?,28-,29-,30-,31+,32?,33?/m0/s1. The zero-order chi connectivity index (χ0) is 30.7. The number of allylic oxidation sites excluding steroid dienone is 1. The third-order valence-corrected chi connectivity index (χ3v) is 12.0. The molecular formula is C33H52O8. The summed E-state index contributed by atoms with van der Waals surface area (Å²) in [6.45, 7) is 16.3. The van der Waals surface area contributed by atoms with Crippen LogP contribution < -0.4 is 0 Å². The quantitative estimate of drug-likeness (QED) is 0.251. The van der Waals surface area contributed by atoms with Gasteiger partial charge in [0.25, 0.3) is 0 Å². The molecule has 0 bridgehead atoms. The average Bonchev–Trinajstić information content (AvgIpc) is 3.23. The summed E-state index contributed by atoms with van der Waals surface area (Å²) in [6, 6.07) is 0. The predicted octanol–water partition coefficient (Wildman–Crippen LogP) is 4.08. The van der Waals surface area contributed by atoms with Gasteiger partial charge in [-0.3, -0.25) is 9.59 Å². The molecule has 41 heavy (non-hydrogen) atoms. The Morgan fingerprint density at radius 2 is 1.63 bits per heavy atom. The van der Waals surface area contributed by atoms with Crippen molar-refractivity contribution in [2.24, 2.45) is 40.4 Å². The van der Waals surface area contributed by atoms with Gasteiger partial charge < -0.3 is 29.9 Å². The number of carbonyl (C=O) groups excluding carboxylic acids is 2. The number of esters is 2. The lowest BCUT2D eigenvalue weighted by Crippen LogP contribution is -2.61. The van der Waals surface area contributed by atoms with Crippen molar-refractivity contribution in [2.45, 2.75) is 129 Å². The molecule has 4 aliphatic rings. The van der Waals surface area contributed by atoms with E-state index in [9.17, 15) is 30.0 Å². The van der Waals surface area contributed by atoms with Gasteiger partial charge in [-0.05, 0) is 86.0 Å². The second kappa shape index (κ2) is 11.1. The molecule has 0 spiro atoms. The largest absolute Gasteiger partial charge is 0.459 e. The number of rotatable bonds is 8. The first kappa shape index (κ1) is 32.2. The SMILES string of the molecule is C=CC(O)(CC(O)C(C)(O)[C@H]1CC[C@H]2C3=C[C@H](OC(C)=O)[C@H]4[C@@H](OC(C)=O)[C@@H](O)CC[C@]4(C)[C@H]3CC[C@]12C)C(C)C. The minimum absolute atomic E-state index is 0.00211. The second-order valence-corrected chi connectivity index (χ2v) is 14.5. The fraction of sp³-hybridized carbons (Fsp3) is 0.818. The molecule has 8 nitrogen and oxygen atoms in total. The van der Waals surface area contributed by atoms with Gasteiger partial charge in [-0.25, -0.2) is 0 Å². The van der Waals surface area contributed by atoms with Crippen LogP contribution in [0.5, 0.6) is 0 Å². The highest BCUT2D eigenvalue weighted by atomic mass is 16.6. The lowest BCUT2D eigenvalue weighted by molar-refractivity contribution is -0.196. The van der Waals surface area contributed by atoms with E-state index in [4.69, 9.17) is 9.47 Å². The van der Waals surface area contributed by atoms with Crippen molar-refractivity contribution in [2.75, 3.05) is 0 Å². The number of fused-ring (bicyclic) bond motifs is 5. The Morgan fingerprint density at radius 1 is 1.05 bits per heavy atom. The van der Waals surface area contributed by atoms with Crippen molar-refractivity contribution in [1.82, 2.24) is 0 Å². The van der Waals surface area contributed by atoms with Crippen LogP contribution in [-0.2, 0) is 19.1 Å². The lowest BCUT2D eigenvalue weighted by atomic mass is 9.46. The van der Waals surface area contributed by atoms with E-state index in [1.54, 1.807) is 6.92 Å². The first-order valence-corrected chi connectivity index (χ1v) is 15.4. The highest BCUT2D eigenvalue weighted by molar-refractivity contribution is 5.67. The second-order valence-electron chi connectivity index (χ2n) is 14.5. The van der Waals surface area contributed by atoms with Crippen molar-refractivity contribution >= 4 is 11.9 Å². The first-order valence-electron chi connectivity index (χ1n) is 15.4. The highest BCUT2D eigenvalue weighted by Gasteiger charge is 2.65. The average molecular weight is 577 g/mol. The first-order chi connectivity index (χ1) is 18.9. The Balaban J connectivity index is 1.71. The smallest absolute Gasteiger partial charge is 0.303 e. The van der Waals surface area contributed by atoms with Crippen LogP contribution in [0, 0.1) is 40.4 Å². The number of hydrogen-bond acceptors (Lipinski definition) is 8. The maximum atomic E-state index is 12.3. The molecule has 0 amide bonds. The van der Waals surface area contributed by atoms with Gasteiger partial charge in [-0.2, -0.15) is 0 Å². The number of aliphatic hydroxyl groups is 4. The maximum Gasteiger partial charge on any atom is 0.303 e. The summed E-state index contributed by atoms with van der Waals surface area (Å²) >= 11 is 0. The molecule has 0 radical (unpaired) electrons. The molecule has 0 saturated heterocycles. The molecule has 3 unspecified atom stereocenters. The van der Waals surface area contributed by atoms with Gasteiger partial charge in [-0.15, -0.1) is 6.58 Å². The molecular weight excluding hydrogens is 524 g/mol. The maximum absolute atomic E-state index is 12.3. The van der Waals surface area contributed by atoms with Crippen LogP contribution in [0.3, 0.4) is 0 Å². The summed E-state index contributed by atoms with van der Waals surface area (Å²) in [5.41, 5.74) is -2.18. The molecule has 232 valence electrons. The predicted molar refractivity (Wildman–Crippen MR) is 154 cm³/mol. The molecule has 12 atom stereocenters. The molecule has 4 rings (SSSR count). The van der Waals surface area contributed by atoms with Crippen molar-refractivity contribution in [3.05, 3.63) is 24.3 Å². The summed E-state index contributed by atoms with van der Waals surface area (Å²) < 4.78 is 11.6. The molecule has 0 heterocycles. The summed E-state index contributed by atoms with van der Waals surface area (Å²) in [7, 11) is 0. The van der Waals surface area contributed by atoms with Crippen molar-refractivity contribution < 1.29 is 39.5 Å². The van der Waals surface area contributed by atoms with Crippen LogP contribution in [0.15, 0.2) is 24.3 Å². The van der Waals surface area contributed by atoms with Crippen molar-refractivity contribution in [3.63, 3.8) is 0 Å². The van der Waals surface area contributed by atoms with E-state index in [1.807, 2.05) is 13.8 Å². The van der Waals surface area contributed by atoms with E-state index in [1.165, 1.54) is 25.5 Å². The topological polar surface area (TPSA) is 134 Å². The molecule has 3 fully saturated rings. The fourth-order valence-corrected chi connectivity index (χ4v) is 9.51. The fourth-order valence-electron chi connectivity index (χ4n) is 9.51. The zero-order valence-electron chi connectivity index (χ0n) is 25.9. The van der Waals surface area contributed by atoms with E-state index in [2.05, 4.69) is 26.5 Å². The third kappa shape index (κ3) is 5.32. The Bertz CT molecular complexity index is 1070. The van der Waals surface area contributed by atoms with Crippen LogP contribution in [-0.4, -0.2) is 68.0 Å². The summed E-state index contributed by atoms with van der Waals surface area (Å²) in [6.07, 6.45) is 4.56. The van der Waals surface area contributed by atoms with Gasteiger partial charge in [0.15, 0.2) is 0 Å². The van der Waals surface area contributed by atoms with E-state index in [0.29, 0.717) is 6.42 Å². The van der Waals surface area contributed by atoms with Gasteiger partial charge >= 0.3 is 11.9 Å². The molecule has 4 aliphatic carbocycles. The van der Waals surface area contributed by atoms with Gasteiger partial charge in [0.05, 0.1) is 23.4 Å². The number of ether oxygens (including phenoxy) is 2. The lowest BCUT2D eigenvalue weighted by Gasteiger charge is -2.60. The summed E-state index contributed by atoms with van der Waals surface area (Å²) in [5.74, 6) is -1.37. The number of carbonyl (C=O) groups is 2. The van der Waals surface area contributed by atoms with Crippen molar-refractivity contribution in [3.8, 4) is 0 Å². The van der Waals surface area contributed by atoms with E-state index < -0.39 is 47.6 Å². The molecule has 0 aliphatic heterocycles. The third-order valence-electron chi connectivity index (χ3n) is 12.0. The number of aliphatic hydroxyl groups excluding tert-OH is 2. The van der Waals surface area contributed by atoms with Crippen LogP contribution in [0.25, 0.3) is 0 Å². The summed E-state index contributed by atoms with van der Waals surface area (Å²) in [4.78, 5) is 24.3. The molecule has 3 saturated carbocycles. The Labute approximate surface area is 245 Å². The Morgan fingerprint density at radius 3 is 2.20 bits per heavy atom. The van der Waals surface area contributed by atoms with Gasteiger partial charge in [0.2, 0.25) is 0 Å². The molecule has 0 aromatic rings. The van der Waals surface area contributed by atoms with Crippen LogP contribution in [0.1, 0.15) is 93.4 Å². The van der Waals surface area contributed by atoms with Gasteiger partial charge in [0, 0.05) is 26.2 Å². The monoisotopic (exact) mass is 576 g/mol. The van der Waals surface area contributed by atoms with E-state index in [0.717, 1.165) is 32.1 Å². The minimum atomic E-state index is -1.44. The molecule has 8 heteroatoms. The zero-order valence-corrected chi connectivity index (χ0v) is 25.9. The van der Waals surface area contributed by atoms with Crippen molar-refractivity contribution in [1.29, 1.82) is 0 Å². The van der Waals surface area contributed by atoms with Crippen LogP contribution in [0.2, 0.25) is 0 Å². The van der Waals surface area contributed by atoms with Gasteiger partial charge in [-0.1, -0.05) is 39.3 Å².